The molecule has 1 aliphatic rings. The molecule has 0 aliphatic heterocycles. The molecule has 0 aromatic carbocycles. The van der Waals surface area contributed by atoms with Crippen LogP contribution in [-0.4, -0.2) is 39.7 Å². The molecule has 1 unspecified atom stereocenters. The highest BCUT2D eigenvalue weighted by Gasteiger charge is 2.42. The highest BCUT2D eigenvalue weighted by Crippen LogP contribution is 2.40. The number of alkyl halides is 3. The molecule has 0 saturated heterocycles. The summed E-state index contributed by atoms with van der Waals surface area (Å²) in [5.41, 5.74) is 0. The first-order chi connectivity index (χ1) is 9.13. The molecule has 7 heteroatoms. The van der Waals surface area contributed by atoms with Crippen LogP contribution in [-0.2, 0) is 9.84 Å². The van der Waals surface area contributed by atoms with E-state index >= 15 is 0 Å². The van der Waals surface area contributed by atoms with Crippen molar-refractivity contribution in [2.45, 2.75) is 50.7 Å². The van der Waals surface area contributed by atoms with Gasteiger partial charge in [-0.1, -0.05) is 0 Å². The lowest BCUT2D eigenvalue weighted by Gasteiger charge is -2.34. The Morgan fingerprint density at radius 2 is 1.75 bits per heavy atom. The summed E-state index contributed by atoms with van der Waals surface area (Å²) >= 11 is 0. The summed E-state index contributed by atoms with van der Waals surface area (Å²) in [6.07, 6.45) is -0.0965. The third-order valence-electron chi connectivity index (χ3n) is 4.20. The van der Waals surface area contributed by atoms with Crippen LogP contribution in [0, 0.1) is 11.8 Å². The third-order valence-corrected chi connectivity index (χ3v) is 5.24. The van der Waals surface area contributed by atoms with Crippen molar-refractivity contribution in [1.29, 1.82) is 0 Å². The first-order valence-corrected chi connectivity index (χ1v) is 9.11. The predicted octanol–water partition coefficient (Wildman–Crippen LogP) is 2.77. The fourth-order valence-electron chi connectivity index (χ4n) is 3.03. The van der Waals surface area contributed by atoms with Crippen LogP contribution < -0.4 is 5.32 Å². The summed E-state index contributed by atoms with van der Waals surface area (Å²) in [6.45, 7) is 0. The van der Waals surface area contributed by atoms with Crippen molar-refractivity contribution in [3.63, 3.8) is 0 Å². The molecule has 0 amide bonds. The van der Waals surface area contributed by atoms with E-state index in [2.05, 4.69) is 5.32 Å². The molecule has 0 bridgehead atoms. The van der Waals surface area contributed by atoms with E-state index in [9.17, 15) is 21.6 Å². The van der Waals surface area contributed by atoms with E-state index in [-0.39, 0.29) is 30.6 Å². The molecule has 0 radical (unpaired) electrons. The van der Waals surface area contributed by atoms with Crippen molar-refractivity contribution >= 4 is 9.84 Å². The molecule has 1 saturated carbocycles. The van der Waals surface area contributed by atoms with E-state index in [1.54, 1.807) is 7.05 Å². The van der Waals surface area contributed by atoms with E-state index in [1.807, 2.05) is 0 Å². The van der Waals surface area contributed by atoms with Crippen LogP contribution >= 0.6 is 0 Å². The second-order valence-corrected chi connectivity index (χ2v) is 8.08. The molecule has 0 aromatic heterocycles. The van der Waals surface area contributed by atoms with Crippen LogP contribution in [0.2, 0.25) is 0 Å². The lowest BCUT2D eigenvalue weighted by atomic mass is 9.77. The van der Waals surface area contributed by atoms with Gasteiger partial charge in [-0.15, -0.1) is 0 Å². The van der Waals surface area contributed by atoms with Gasteiger partial charge in [0.2, 0.25) is 0 Å². The van der Waals surface area contributed by atoms with Crippen molar-refractivity contribution in [3.8, 4) is 0 Å². The van der Waals surface area contributed by atoms with Gasteiger partial charge in [0, 0.05) is 18.1 Å². The summed E-state index contributed by atoms with van der Waals surface area (Å²) in [5.74, 6) is -0.797. The van der Waals surface area contributed by atoms with Gasteiger partial charge in [0.05, 0.1) is 5.92 Å². The maximum atomic E-state index is 12.6. The number of halogens is 3. The summed E-state index contributed by atoms with van der Waals surface area (Å²) in [6, 6.07) is 0.117. The Labute approximate surface area is 119 Å². The van der Waals surface area contributed by atoms with Gasteiger partial charge in [-0.25, -0.2) is 8.42 Å². The molecule has 120 valence electrons. The zero-order chi connectivity index (χ0) is 15.4. The second kappa shape index (κ2) is 7.11. The van der Waals surface area contributed by atoms with Crippen LogP contribution in [0.1, 0.15) is 38.5 Å². The van der Waals surface area contributed by atoms with Gasteiger partial charge in [0.15, 0.2) is 0 Å². The Kier molecular flexibility index (Phi) is 6.31. The highest BCUT2D eigenvalue weighted by molar-refractivity contribution is 7.90. The number of nitrogens with one attached hydrogen (secondary N) is 1. The van der Waals surface area contributed by atoms with Gasteiger partial charge in [0.1, 0.15) is 9.84 Å². The summed E-state index contributed by atoms with van der Waals surface area (Å²) in [5, 5.41) is 3.14. The Morgan fingerprint density at radius 3 is 2.15 bits per heavy atom. The summed E-state index contributed by atoms with van der Waals surface area (Å²) in [7, 11) is -1.17. The largest absolute Gasteiger partial charge is 0.391 e. The molecule has 1 N–H and O–H groups in total. The number of hydrogen-bond donors (Lipinski definition) is 1. The fourth-order valence-corrected chi connectivity index (χ4v) is 3.72. The van der Waals surface area contributed by atoms with Crippen molar-refractivity contribution in [2.75, 3.05) is 19.1 Å². The van der Waals surface area contributed by atoms with Gasteiger partial charge in [-0.3, -0.25) is 0 Å². The quantitative estimate of drug-likeness (QED) is 0.820. The minimum atomic E-state index is -4.07. The average molecular weight is 315 g/mol. The zero-order valence-electron chi connectivity index (χ0n) is 12.0. The lowest BCUT2D eigenvalue weighted by molar-refractivity contribution is -0.184. The van der Waals surface area contributed by atoms with Crippen LogP contribution in [0.3, 0.4) is 0 Å². The van der Waals surface area contributed by atoms with Crippen molar-refractivity contribution < 1.29 is 21.6 Å². The van der Waals surface area contributed by atoms with Crippen LogP contribution in [0.4, 0.5) is 13.2 Å². The Balaban J connectivity index is 2.41. The summed E-state index contributed by atoms with van der Waals surface area (Å²) < 4.78 is 60.0. The minimum absolute atomic E-state index is 0.117. The summed E-state index contributed by atoms with van der Waals surface area (Å²) in [4.78, 5) is 0. The van der Waals surface area contributed by atoms with E-state index in [0.29, 0.717) is 25.7 Å². The van der Waals surface area contributed by atoms with Crippen LogP contribution in [0.5, 0.6) is 0 Å². The van der Waals surface area contributed by atoms with Gasteiger partial charge in [-0.05, 0) is 51.5 Å². The van der Waals surface area contributed by atoms with Crippen molar-refractivity contribution in [1.82, 2.24) is 5.32 Å². The zero-order valence-corrected chi connectivity index (χ0v) is 12.9. The van der Waals surface area contributed by atoms with E-state index in [0.717, 1.165) is 0 Å². The normalized spacial score (nSPS) is 26.4. The molecular formula is C13H24F3NO2S. The van der Waals surface area contributed by atoms with Gasteiger partial charge in [0.25, 0.3) is 0 Å². The smallest absolute Gasteiger partial charge is 0.317 e. The van der Waals surface area contributed by atoms with E-state index in [4.69, 9.17) is 0 Å². The van der Waals surface area contributed by atoms with Crippen molar-refractivity contribution in [3.05, 3.63) is 0 Å². The molecule has 20 heavy (non-hydrogen) atoms. The molecule has 1 fully saturated rings. The predicted molar refractivity (Wildman–Crippen MR) is 73.3 cm³/mol. The number of sulfone groups is 1. The molecule has 0 aromatic rings. The Bertz CT molecular complexity index is 387. The first-order valence-electron chi connectivity index (χ1n) is 7.05. The topological polar surface area (TPSA) is 46.2 Å². The van der Waals surface area contributed by atoms with E-state index < -0.39 is 21.9 Å². The maximum absolute atomic E-state index is 12.6. The monoisotopic (exact) mass is 315 g/mol. The number of hydrogen-bond acceptors (Lipinski definition) is 3. The average Bonchev–Trinajstić information content (AvgIpc) is 2.32. The molecule has 1 rings (SSSR count). The molecule has 0 heterocycles. The lowest BCUT2D eigenvalue weighted by Crippen LogP contribution is -2.38. The maximum Gasteiger partial charge on any atom is 0.391 e. The van der Waals surface area contributed by atoms with Crippen LogP contribution in [0.25, 0.3) is 0 Å². The van der Waals surface area contributed by atoms with Crippen molar-refractivity contribution in [2.24, 2.45) is 11.8 Å². The first kappa shape index (κ1) is 17.8. The van der Waals surface area contributed by atoms with Gasteiger partial charge in [-0.2, -0.15) is 13.2 Å². The van der Waals surface area contributed by atoms with Gasteiger partial charge < -0.3 is 5.32 Å². The highest BCUT2D eigenvalue weighted by atomic mass is 32.2. The van der Waals surface area contributed by atoms with Crippen LogP contribution in [0.15, 0.2) is 0 Å². The molecular weight excluding hydrogens is 291 g/mol. The molecule has 0 spiro atoms. The third kappa shape index (κ3) is 5.99. The molecule has 3 nitrogen and oxygen atoms in total. The number of rotatable bonds is 6. The van der Waals surface area contributed by atoms with E-state index in [1.165, 1.54) is 6.26 Å². The second-order valence-electron chi connectivity index (χ2n) is 5.82. The minimum Gasteiger partial charge on any atom is -0.317 e. The molecule has 1 aliphatic carbocycles. The molecule has 1 atom stereocenters. The Morgan fingerprint density at radius 1 is 1.20 bits per heavy atom. The fraction of sp³-hybridized carbons (Fsp3) is 1.00. The standard InChI is InChI=1S/C13H24F3NO2S/c1-17-12(4-3-9-20(2,18)19)10-5-7-11(8-6-10)13(14,15)16/h10-12,17H,3-9H2,1-2H3. The SMILES string of the molecule is CNC(CCCS(C)(=O)=O)C1CCC(C(F)(F)F)CC1. The van der Waals surface area contributed by atoms with Gasteiger partial charge >= 0.3 is 6.18 Å². The Hall–Kier alpha value is -0.300.